The molecule has 0 radical (unpaired) electrons. The second-order valence-electron chi connectivity index (χ2n) is 3.26. The molecule has 0 unspecified atom stereocenters. The molecule has 0 atom stereocenters. The van der Waals surface area contributed by atoms with Crippen molar-refractivity contribution in [3.63, 3.8) is 0 Å². The van der Waals surface area contributed by atoms with Gasteiger partial charge in [0.25, 0.3) is 0 Å². The standard InChI is InChI=1S/C9H9N5O2/c1-5-3-4-7(11-10-5)14-12-6(2)8(13-14)9(15)16/h3-4H,1-2H3,(H,15,16). The minimum absolute atomic E-state index is 0.0811. The lowest BCUT2D eigenvalue weighted by Crippen LogP contribution is -2.05. The summed E-state index contributed by atoms with van der Waals surface area (Å²) in [7, 11) is 0. The summed E-state index contributed by atoms with van der Waals surface area (Å²) in [6.07, 6.45) is 0. The fourth-order valence-corrected chi connectivity index (χ4v) is 1.18. The van der Waals surface area contributed by atoms with E-state index >= 15 is 0 Å². The minimum atomic E-state index is -1.11. The molecule has 82 valence electrons. The van der Waals surface area contributed by atoms with E-state index in [9.17, 15) is 4.79 Å². The summed E-state index contributed by atoms with van der Waals surface area (Å²) in [4.78, 5) is 11.9. The molecular weight excluding hydrogens is 210 g/mol. The fourth-order valence-electron chi connectivity index (χ4n) is 1.18. The van der Waals surface area contributed by atoms with Crippen molar-refractivity contribution < 1.29 is 9.90 Å². The lowest BCUT2D eigenvalue weighted by atomic mass is 10.4. The third kappa shape index (κ3) is 1.74. The first-order valence-corrected chi connectivity index (χ1v) is 4.56. The van der Waals surface area contributed by atoms with E-state index in [-0.39, 0.29) is 5.69 Å². The molecule has 7 nitrogen and oxygen atoms in total. The van der Waals surface area contributed by atoms with Crippen LogP contribution in [-0.4, -0.2) is 36.3 Å². The number of nitrogens with zero attached hydrogens (tertiary/aromatic N) is 5. The van der Waals surface area contributed by atoms with Crippen LogP contribution in [0.5, 0.6) is 0 Å². The number of aryl methyl sites for hydroxylation is 2. The Hall–Kier alpha value is -2.31. The number of aromatic carboxylic acids is 1. The molecule has 2 aromatic rings. The van der Waals surface area contributed by atoms with Gasteiger partial charge in [-0.25, -0.2) is 4.79 Å². The number of hydrogen-bond donors (Lipinski definition) is 1. The van der Waals surface area contributed by atoms with Gasteiger partial charge >= 0.3 is 5.97 Å². The molecule has 0 amide bonds. The Kier molecular flexibility index (Phi) is 2.35. The SMILES string of the molecule is Cc1ccc(-n2nc(C)c(C(=O)O)n2)nn1. The Labute approximate surface area is 90.7 Å². The first-order valence-electron chi connectivity index (χ1n) is 4.56. The van der Waals surface area contributed by atoms with Gasteiger partial charge < -0.3 is 5.11 Å². The quantitative estimate of drug-likeness (QED) is 0.784. The normalized spacial score (nSPS) is 10.4. The molecule has 1 N–H and O–H groups in total. The number of carbonyl (C=O) groups is 1. The average molecular weight is 219 g/mol. The molecule has 0 bridgehead atoms. The Bertz CT molecular complexity index is 531. The highest BCUT2D eigenvalue weighted by Gasteiger charge is 2.15. The Balaban J connectivity index is 2.45. The number of hydrogen-bond acceptors (Lipinski definition) is 5. The highest BCUT2D eigenvalue weighted by Crippen LogP contribution is 2.05. The lowest BCUT2D eigenvalue weighted by molar-refractivity contribution is 0.0689. The third-order valence-corrected chi connectivity index (χ3v) is 1.97. The van der Waals surface area contributed by atoms with Gasteiger partial charge in [0, 0.05) is 0 Å². The van der Waals surface area contributed by atoms with Gasteiger partial charge in [-0.1, -0.05) is 0 Å². The smallest absolute Gasteiger partial charge is 0.358 e. The van der Waals surface area contributed by atoms with Crippen molar-refractivity contribution in [2.45, 2.75) is 13.8 Å². The molecule has 0 spiro atoms. The van der Waals surface area contributed by atoms with E-state index in [2.05, 4.69) is 20.4 Å². The number of carboxylic acids is 1. The van der Waals surface area contributed by atoms with Crippen LogP contribution in [0.1, 0.15) is 21.9 Å². The molecule has 2 aromatic heterocycles. The summed E-state index contributed by atoms with van der Waals surface area (Å²) >= 11 is 0. The first kappa shape index (κ1) is 10.2. The Morgan fingerprint density at radius 3 is 2.50 bits per heavy atom. The van der Waals surface area contributed by atoms with Crippen LogP contribution in [0.4, 0.5) is 0 Å². The summed E-state index contributed by atoms with van der Waals surface area (Å²) < 4.78 is 0. The van der Waals surface area contributed by atoms with Gasteiger partial charge in [-0.3, -0.25) is 0 Å². The maximum atomic E-state index is 10.8. The van der Waals surface area contributed by atoms with Gasteiger partial charge in [-0.15, -0.1) is 15.0 Å². The minimum Gasteiger partial charge on any atom is -0.476 e. The molecule has 0 saturated carbocycles. The number of rotatable bonds is 2. The summed E-state index contributed by atoms with van der Waals surface area (Å²) in [5.74, 6) is -0.718. The largest absolute Gasteiger partial charge is 0.476 e. The van der Waals surface area contributed by atoms with Crippen molar-refractivity contribution in [2.75, 3.05) is 0 Å². The third-order valence-electron chi connectivity index (χ3n) is 1.97. The van der Waals surface area contributed by atoms with Crippen LogP contribution in [0, 0.1) is 13.8 Å². The predicted molar refractivity (Wildman–Crippen MR) is 53.4 cm³/mol. The zero-order chi connectivity index (χ0) is 11.7. The molecule has 7 heteroatoms. The van der Waals surface area contributed by atoms with Crippen LogP contribution in [0.15, 0.2) is 12.1 Å². The summed E-state index contributed by atoms with van der Waals surface area (Å²) in [6.45, 7) is 3.38. The highest BCUT2D eigenvalue weighted by atomic mass is 16.4. The lowest BCUT2D eigenvalue weighted by Gasteiger charge is -1.96. The van der Waals surface area contributed by atoms with Gasteiger partial charge in [-0.2, -0.15) is 10.2 Å². The van der Waals surface area contributed by atoms with Crippen LogP contribution in [0.25, 0.3) is 5.82 Å². The van der Waals surface area contributed by atoms with Gasteiger partial charge in [-0.05, 0) is 26.0 Å². The van der Waals surface area contributed by atoms with Crippen LogP contribution in [0.3, 0.4) is 0 Å². The highest BCUT2D eigenvalue weighted by molar-refractivity contribution is 5.86. The van der Waals surface area contributed by atoms with E-state index < -0.39 is 5.97 Å². The molecule has 0 aliphatic heterocycles. The van der Waals surface area contributed by atoms with E-state index in [1.54, 1.807) is 26.0 Å². The monoisotopic (exact) mass is 219 g/mol. The van der Waals surface area contributed by atoms with E-state index in [1.807, 2.05) is 0 Å². The second-order valence-corrected chi connectivity index (χ2v) is 3.26. The van der Waals surface area contributed by atoms with Crippen LogP contribution in [0.2, 0.25) is 0 Å². The van der Waals surface area contributed by atoms with Crippen LogP contribution >= 0.6 is 0 Å². The number of carboxylic acid groups (broad SMARTS) is 1. The topological polar surface area (TPSA) is 93.8 Å². The predicted octanol–water partition coefficient (Wildman–Crippen LogP) is 0.372. The van der Waals surface area contributed by atoms with Gasteiger partial charge in [0.2, 0.25) is 0 Å². The van der Waals surface area contributed by atoms with Crippen molar-refractivity contribution in [1.29, 1.82) is 0 Å². The molecule has 16 heavy (non-hydrogen) atoms. The zero-order valence-corrected chi connectivity index (χ0v) is 8.75. The van der Waals surface area contributed by atoms with Crippen molar-refractivity contribution in [1.82, 2.24) is 25.2 Å². The van der Waals surface area contributed by atoms with Crippen molar-refractivity contribution in [2.24, 2.45) is 0 Å². The van der Waals surface area contributed by atoms with Crippen molar-refractivity contribution in [3.8, 4) is 5.82 Å². The van der Waals surface area contributed by atoms with Crippen LogP contribution in [-0.2, 0) is 0 Å². The number of aromatic nitrogens is 5. The fraction of sp³-hybridized carbons (Fsp3) is 0.222. The molecule has 0 aliphatic rings. The van der Waals surface area contributed by atoms with Crippen molar-refractivity contribution in [3.05, 3.63) is 29.2 Å². The maximum Gasteiger partial charge on any atom is 0.358 e. The van der Waals surface area contributed by atoms with Gasteiger partial charge in [0.05, 0.1) is 11.4 Å². The van der Waals surface area contributed by atoms with Gasteiger partial charge in [0.15, 0.2) is 11.5 Å². The molecule has 2 rings (SSSR count). The molecule has 0 fully saturated rings. The van der Waals surface area contributed by atoms with E-state index in [0.29, 0.717) is 11.5 Å². The Morgan fingerprint density at radius 2 is 2.00 bits per heavy atom. The van der Waals surface area contributed by atoms with Crippen LogP contribution < -0.4 is 0 Å². The molecule has 0 aliphatic carbocycles. The Morgan fingerprint density at radius 1 is 1.25 bits per heavy atom. The molecule has 0 aromatic carbocycles. The summed E-state index contributed by atoms with van der Waals surface area (Å²) in [5, 5.41) is 24.3. The zero-order valence-electron chi connectivity index (χ0n) is 8.75. The van der Waals surface area contributed by atoms with E-state index in [4.69, 9.17) is 5.11 Å². The van der Waals surface area contributed by atoms with E-state index in [0.717, 1.165) is 10.5 Å². The molecule has 2 heterocycles. The van der Waals surface area contributed by atoms with Gasteiger partial charge in [0.1, 0.15) is 0 Å². The maximum absolute atomic E-state index is 10.8. The van der Waals surface area contributed by atoms with Crippen molar-refractivity contribution >= 4 is 5.97 Å². The first-order chi connectivity index (χ1) is 7.58. The average Bonchev–Trinajstić information content (AvgIpc) is 2.61. The summed E-state index contributed by atoms with van der Waals surface area (Å²) in [5.41, 5.74) is 1.03. The second kappa shape index (κ2) is 3.69. The summed E-state index contributed by atoms with van der Waals surface area (Å²) in [6, 6.07) is 3.43. The molecule has 0 saturated heterocycles. The van der Waals surface area contributed by atoms with E-state index in [1.165, 1.54) is 0 Å². The molecular formula is C9H9N5O2.